The molecule has 1 aliphatic rings. The normalized spacial score (nSPS) is 17.5. The molecule has 3 rings (SSSR count). The number of carbonyl (C=O) groups is 1. The van der Waals surface area contributed by atoms with Gasteiger partial charge in [0.05, 0.1) is 12.1 Å². The smallest absolute Gasteiger partial charge is 0.217 e. The van der Waals surface area contributed by atoms with Gasteiger partial charge in [0.25, 0.3) is 0 Å². The first-order chi connectivity index (χ1) is 15.7. The molecule has 3 N–H and O–H groups in total. The zero-order valence-corrected chi connectivity index (χ0v) is 20.4. The Hall–Kier alpha value is -1.96. The van der Waals surface area contributed by atoms with Crippen LogP contribution in [-0.2, 0) is 16.8 Å². The first-order valence-corrected chi connectivity index (χ1v) is 12.7. The van der Waals surface area contributed by atoms with E-state index in [4.69, 9.17) is 0 Å². The number of aliphatic hydroxyl groups is 1. The molecule has 1 amide bonds. The van der Waals surface area contributed by atoms with Crippen LogP contribution in [0.5, 0.6) is 0 Å². The van der Waals surface area contributed by atoms with Crippen molar-refractivity contribution in [3.05, 3.63) is 70.8 Å². The molecule has 4 nitrogen and oxygen atoms in total. The van der Waals surface area contributed by atoms with E-state index in [9.17, 15) is 18.7 Å². The van der Waals surface area contributed by atoms with Crippen LogP contribution < -0.4 is 10.6 Å². The molecule has 0 aliphatic carbocycles. The van der Waals surface area contributed by atoms with Crippen LogP contribution in [0.4, 0.5) is 8.78 Å². The highest BCUT2D eigenvalue weighted by molar-refractivity contribution is 7.99. The summed E-state index contributed by atoms with van der Waals surface area (Å²) in [5.41, 5.74) is 2.61. The summed E-state index contributed by atoms with van der Waals surface area (Å²) in [7, 11) is 0. The number of aliphatic hydroxyl groups excluding tert-OH is 1. The maximum atomic E-state index is 13.7. The summed E-state index contributed by atoms with van der Waals surface area (Å²) in [6, 6.07) is 11.2. The van der Waals surface area contributed by atoms with Gasteiger partial charge in [-0.25, -0.2) is 8.78 Å². The summed E-state index contributed by atoms with van der Waals surface area (Å²) in [6.07, 6.45) is 1.07. The second-order valence-electron chi connectivity index (χ2n) is 9.21. The van der Waals surface area contributed by atoms with Gasteiger partial charge in [0.15, 0.2) is 0 Å². The Balaban J connectivity index is 1.78. The molecule has 0 saturated carbocycles. The molecule has 0 aromatic heterocycles. The monoisotopic (exact) mass is 476 g/mol. The lowest BCUT2D eigenvalue weighted by molar-refractivity contribution is -0.120. The Morgan fingerprint density at radius 1 is 1.12 bits per heavy atom. The van der Waals surface area contributed by atoms with Gasteiger partial charge < -0.3 is 15.7 Å². The van der Waals surface area contributed by atoms with Crippen LogP contribution in [0, 0.1) is 11.6 Å². The second-order valence-corrected chi connectivity index (χ2v) is 10.4. The molecular formula is C26H34F2N2O2S. The van der Waals surface area contributed by atoms with Crippen molar-refractivity contribution in [2.24, 2.45) is 0 Å². The van der Waals surface area contributed by atoms with Crippen LogP contribution in [0.15, 0.2) is 42.5 Å². The largest absolute Gasteiger partial charge is 0.390 e. The highest BCUT2D eigenvalue weighted by atomic mass is 32.2. The molecule has 0 radical (unpaired) electrons. The van der Waals surface area contributed by atoms with Crippen molar-refractivity contribution in [2.75, 3.05) is 18.1 Å². The van der Waals surface area contributed by atoms with E-state index in [2.05, 4.69) is 48.7 Å². The zero-order chi connectivity index (χ0) is 24.0. The number of carbonyl (C=O) groups excluding carboxylic acids is 1. The predicted octanol–water partition coefficient (Wildman–Crippen LogP) is 4.51. The Labute approximate surface area is 199 Å². The van der Waals surface area contributed by atoms with Gasteiger partial charge in [0.2, 0.25) is 5.91 Å². The van der Waals surface area contributed by atoms with Gasteiger partial charge in [0.1, 0.15) is 11.6 Å². The minimum Gasteiger partial charge on any atom is -0.390 e. The molecule has 33 heavy (non-hydrogen) atoms. The number of rotatable bonds is 9. The van der Waals surface area contributed by atoms with Crippen LogP contribution in [0.3, 0.4) is 0 Å². The van der Waals surface area contributed by atoms with E-state index in [1.54, 1.807) is 0 Å². The average Bonchev–Trinajstić information content (AvgIpc) is 2.77. The van der Waals surface area contributed by atoms with E-state index in [1.807, 2.05) is 11.8 Å². The SMILES string of the molecule is CC(=O)N[C@@H](Cc1cc(F)cc(F)c1)[C@H](O)CNC1(c2cccc(C(C)C)c2)CCSCC1. The maximum absolute atomic E-state index is 13.7. The van der Waals surface area contributed by atoms with Crippen molar-refractivity contribution in [1.82, 2.24) is 10.6 Å². The Morgan fingerprint density at radius 3 is 2.39 bits per heavy atom. The number of benzene rings is 2. The lowest BCUT2D eigenvalue weighted by Gasteiger charge is -2.40. The highest BCUT2D eigenvalue weighted by Crippen LogP contribution is 2.37. The fourth-order valence-electron chi connectivity index (χ4n) is 4.45. The molecular weight excluding hydrogens is 442 g/mol. The first-order valence-electron chi connectivity index (χ1n) is 11.5. The lowest BCUT2D eigenvalue weighted by atomic mass is 9.82. The van der Waals surface area contributed by atoms with Gasteiger partial charge in [-0.15, -0.1) is 0 Å². The summed E-state index contributed by atoms with van der Waals surface area (Å²) in [6.45, 7) is 5.97. The quantitative estimate of drug-likeness (QED) is 0.499. The molecule has 180 valence electrons. The van der Waals surface area contributed by atoms with E-state index in [0.717, 1.165) is 30.4 Å². The minimum atomic E-state index is -0.931. The third-order valence-corrected chi connectivity index (χ3v) is 7.32. The van der Waals surface area contributed by atoms with Gasteiger partial charge in [0, 0.05) is 25.1 Å². The summed E-state index contributed by atoms with van der Waals surface area (Å²) in [5.74, 6) is 0.802. The van der Waals surface area contributed by atoms with Crippen molar-refractivity contribution < 1.29 is 18.7 Å². The molecule has 1 fully saturated rings. The standard InChI is InChI=1S/C26H34F2N2O2S/c1-17(2)20-5-4-6-21(14-20)26(7-9-33-10-8-26)29-16-25(32)24(30-18(3)31)13-19-11-22(27)15-23(28)12-19/h4-6,11-12,14-15,17,24-25,29,32H,7-10,13,16H2,1-3H3,(H,30,31)/t24-,25+/m0/s1. The first kappa shape index (κ1) is 25.7. The Morgan fingerprint density at radius 2 is 1.79 bits per heavy atom. The summed E-state index contributed by atoms with van der Waals surface area (Å²) < 4.78 is 27.3. The molecule has 0 spiro atoms. The number of thioether (sulfide) groups is 1. The van der Waals surface area contributed by atoms with E-state index >= 15 is 0 Å². The molecule has 1 heterocycles. The topological polar surface area (TPSA) is 61.4 Å². The van der Waals surface area contributed by atoms with Gasteiger partial charge >= 0.3 is 0 Å². The van der Waals surface area contributed by atoms with E-state index in [0.29, 0.717) is 11.5 Å². The number of halogens is 2. The van der Waals surface area contributed by atoms with E-state index < -0.39 is 23.8 Å². The lowest BCUT2D eigenvalue weighted by Crippen LogP contribution is -2.53. The number of nitrogens with one attached hydrogen (secondary N) is 2. The third-order valence-electron chi connectivity index (χ3n) is 6.33. The van der Waals surface area contributed by atoms with Gasteiger partial charge in [-0.1, -0.05) is 38.1 Å². The van der Waals surface area contributed by atoms with Crippen molar-refractivity contribution in [3.8, 4) is 0 Å². The summed E-state index contributed by atoms with van der Waals surface area (Å²) >= 11 is 1.93. The van der Waals surface area contributed by atoms with Crippen LogP contribution in [0.2, 0.25) is 0 Å². The number of amides is 1. The van der Waals surface area contributed by atoms with Crippen LogP contribution in [0.1, 0.15) is 56.2 Å². The van der Waals surface area contributed by atoms with Gasteiger partial charge in [-0.2, -0.15) is 11.8 Å². The second kappa shape index (κ2) is 11.4. The van der Waals surface area contributed by atoms with Gasteiger partial charge in [-0.05, 0) is 65.5 Å². The average molecular weight is 477 g/mol. The summed E-state index contributed by atoms with van der Waals surface area (Å²) in [5, 5.41) is 17.4. The molecule has 2 aromatic rings. The molecule has 1 saturated heterocycles. The Kier molecular flexibility index (Phi) is 8.90. The van der Waals surface area contributed by atoms with E-state index in [1.165, 1.54) is 30.2 Å². The van der Waals surface area contributed by atoms with Crippen molar-refractivity contribution in [1.29, 1.82) is 0 Å². The zero-order valence-electron chi connectivity index (χ0n) is 19.5. The molecule has 2 aromatic carbocycles. The van der Waals surface area contributed by atoms with Crippen molar-refractivity contribution in [3.63, 3.8) is 0 Å². The van der Waals surface area contributed by atoms with Crippen LogP contribution >= 0.6 is 11.8 Å². The minimum absolute atomic E-state index is 0.128. The number of hydrogen-bond acceptors (Lipinski definition) is 4. The number of hydrogen-bond donors (Lipinski definition) is 3. The maximum Gasteiger partial charge on any atom is 0.217 e. The predicted molar refractivity (Wildman–Crippen MR) is 130 cm³/mol. The van der Waals surface area contributed by atoms with Crippen molar-refractivity contribution in [2.45, 2.75) is 63.6 Å². The fraction of sp³-hybridized carbons (Fsp3) is 0.500. The highest BCUT2D eigenvalue weighted by Gasteiger charge is 2.35. The van der Waals surface area contributed by atoms with E-state index in [-0.39, 0.29) is 24.4 Å². The van der Waals surface area contributed by atoms with Crippen LogP contribution in [0.25, 0.3) is 0 Å². The molecule has 2 atom stereocenters. The molecule has 0 bridgehead atoms. The van der Waals surface area contributed by atoms with Gasteiger partial charge in [-0.3, -0.25) is 4.79 Å². The summed E-state index contributed by atoms with van der Waals surface area (Å²) in [4.78, 5) is 11.8. The molecule has 7 heteroatoms. The van der Waals surface area contributed by atoms with Crippen LogP contribution in [-0.4, -0.2) is 41.2 Å². The van der Waals surface area contributed by atoms with Crippen molar-refractivity contribution >= 4 is 17.7 Å². The molecule has 1 aliphatic heterocycles. The molecule has 0 unspecified atom stereocenters. The Bertz CT molecular complexity index is 927. The fourth-order valence-corrected chi connectivity index (χ4v) is 5.64. The third kappa shape index (κ3) is 7.01.